The van der Waals surface area contributed by atoms with Gasteiger partial charge in [0, 0.05) is 9.80 Å². The summed E-state index contributed by atoms with van der Waals surface area (Å²) in [7, 11) is 0. The molecule has 0 unspecified atom stereocenters. The summed E-state index contributed by atoms with van der Waals surface area (Å²) in [5.41, 5.74) is 4.07. The lowest BCUT2D eigenvalue weighted by molar-refractivity contribution is 1.24. The highest BCUT2D eigenvalue weighted by atomic mass is 79.9. The average Bonchev–Trinajstić information content (AvgIpc) is 1.99. The van der Waals surface area contributed by atoms with E-state index >= 15 is 0 Å². The van der Waals surface area contributed by atoms with Crippen LogP contribution in [-0.2, 0) is 5.33 Å². The van der Waals surface area contributed by atoms with Gasteiger partial charge in [-0.25, -0.2) is 0 Å². The van der Waals surface area contributed by atoms with Crippen LogP contribution in [-0.4, -0.2) is 0 Å². The molecule has 0 aliphatic rings. The predicted octanol–water partition coefficient (Wildman–Crippen LogP) is 3.96. The molecule has 0 aromatic heterocycles. The lowest BCUT2D eigenvalue weighted by Crippen LogP contribution is -1.89. The molecule has 0 saturated heterocycles. The highest BCUT2D eigenvalue weighted by molar-refractivity contribution is 9.10. The van der Waals surface area contributed by atoms with Gasteiger partial charge in [0.1, 0.15) is 0 Å². The molecule has 0 nitrogen and oxygen atoms in total. The van der Waals surface area contributed by atoms with Crippen LogP contribution in [0.15, 0.2) is 16.6 Å². The second-order valence-corrected chi connectivity index (χ2v) is 4.02. The molecule has 0 radical (unpaired) electrons. The molecule has 0 heterocycles. The molecule has 0 atom stereocenters. The molecule has 0 aliphatic heterocycles. The second kappa shape index (κ2) is 3.72. The number of alkyl halides is 1. The van der Waals surface area contributed by atoms with Crippen LogP contribution in [0.1, 0.15) is 16.7 Å². The lowest BCUT2D eigenvalue weighted by atomic mass is 10.1. The summed E-state index contributed by atoms with van der Waals surface area (Å²) in [4.78, 5) is 0. The first-order chi connectivity index (χ1) is 5.16. The molecule has 0 fully saturated rings. The van der Waals surface area contributed by atoms with Gasteiger partial charge in [0.05, 0.1) is 0 Å². The summed E-state index contributed by atoms with van der Waals surface area (Å²) >= 11 is 6.97. The summed E-state index contributed by atoms with van der Waals surface area (Å²) in [6.07, 6.45) is 0. The third kappa shape index (κ3) is 1.85. The molecule has 0 amide bonds. The van der Waals surface area contributed by atoms with E-state index in [1.54, 1.807) is 0 Å². The van der Waals surface area contributed by atoms with E-state index in [0.717, 1.165) is 5.33 Å². The van der Waals surface area contributed by atoms with Crippen molar-refractivity contribution in [1.29, 1.82) is 0 Å². The number of hydrogen-bond acceptors (Lipinski definition) is 0. The minimum Gasteiger partial charge on any atom is -0.0876 e. The smallest absolute Gasteiger partial charge is 0.0296 e. The molecule has 1 rings (SSSR count). The minimum atomic E-state index is 0.918. The standard InChI is InChI=1S/C9H10Br2/c1-6-3-4-9(11)8(5-10)7(6)2/h3-4H,5H2,1-2H3. The summed E-state index contributed by atoms with van der Waals surface area (Å²) in [5, 5.41) is 0.918. The van der Waals surface area contributed by atoms with Crippen LogP contribution < -0.4 is 0 Å². The van der Waals surface area contributed by atoms with Gasteiger partial charge in [-0.2, -0.15) is 0 Å². The summed E-state index contributed by atoms with van der Waals surface area (Å²) in [6, 6.07) is 4.23. The molecule has 1 aromatic carbocycles. The third-order valence-corrected chi connectivity index (χ3v) is 3.25. The predicted molar refractivity (Wildman–Crippen MR) is 56.2 cm³/mol. The first-order valence-electron chi connectivity index (χ1n) is 3.47. The number of hydrogen-bond donors (Lipinski definition) is 0. The number of rotatable bonds is 1. The average molecular weight is 278 g/mol. The monoisotopic (exact) mass is 276 g/mol. The van der Waals surface area contributed by atoms with E-state index < -0.39 is 0 Å². The van der Waals surface area contributed by atoms with Gasteiger partial charge in [-0.3, -0.25) is 0 Å². The molecule has 11 heavy (non-hydrogen) atoms. The fraction of sp³-hybridized carbons (Fsp3) is 0.333. The number of halogens is 2. The van der Waals surface area contributed by atoms with Crippen LogP contribution >= 0.6 is 31.9 Å². The Morgan fingerprint density at radius 1 is 1.27 bits per heavy atom. The molecule has 60 valence electrons. The van der Waals surface area contributed by atoms with Crippen LogP contribution in [0.4, 0.5) is 0 Å². The SMILES string of the molecule is Cc1ccc(Br)c(CBr)c1C. The van der Waals surface area contributed by atoms with E-state index in [0.29, 0.717) is 0 Å². The molecular formula is C9H10Br2. The Balaban J connectivity index is 3.29. The molecule has 0 bridgehead atoms. The van der Waals surface area contributed by atoms with Gasteiger partial charge in [0.2, 0.25) is 0 Å². The summed E-state index contributed by atoms with van der Waals surface area (Å²) < 4.78 is 1.19. The van der Waals surface area contributed by atoms with Gasteiger partial charge >= 0.3 is 0 Å². The first kappa shape index (κ1) is 9.27. The molecule has 0 N–H and O–H groups in total. The Labute approximate surface area is 84.3 Å². The van der Waals surface area contributed by atoms with Crippen molar-refractivity contribution in [1.82, 2.24) is 0 Å². The van der Waals surface area contributed by atoms with Crippen LogP contribution in [0.25, 0.3) is 0 Å². The van der Waals surface area contributed by atoms with Crippen LogP contribution in [0, 0.1) is 13.8 Å². The Kier molecular flexibility index (Phi) is 3.14. The van der Waals surface area contributed by atoms with Crippen molar-refractivity contribution in [3.63, 3.8) is 0 Å². The molecular weight excluding hydrogens is 268 g/mol. The zero-order chi connectivity index (χ0) is 8.43. The summed E-state index contributed by atoms with van der Waals surface area (Å²) in [6.45, 7) is 4.28. The molecule has 1 aromatic rings. The largest absolute Gasteiger partial charge is 0.0876 e. The Morgan fingerprint density at radius 2 is 1.91 bits per heavy atom. The topological polar surface area (TPSA) is 0 Å². The van der Waals surface area contributed by atoms with Crippen molar-refractivity contribution in [2.24, 2.45) is 0 Å². The molecule has 0 spiro atoms. The molecule has 0 saturated carbocycles. The highest BCUT2D eigenvalue weighted by Crippen LogP contribution is 2.24. The van der Waals surface area contributed by atoms with Gasteiger partial charge in [-0.1, -0.05) is 37.9 Å². The lowest BCUT2D eigenvalue weighted by Gasteiger charge is -2.07. The van der Waals surface area contributed by atoms with E-state index in [4.69, 9.17) is 0 Å². The van der Waals surface area contributed by atoms with E-state index in [2.05, 4.69) is 57.8 Å². The van der Waals surface area contributed by atoms with Gasteiger partial charge in [-0.05, 0) is 36.6 Å². The minimum absolute atomic E-state index is 0.918. The number of aryl methyl sites for hydroxylation is 1. The van der Waals surface area contributed by atoms with E-state index in [1.807, 2.05) is 0 Å². The van der Waals surface area contributed by atoms with Crippen LogP contribution in [0.3, 0.4) is 0 Å². The maximum absolute atomic E-state index is 3.51. The maximum Gasteiger partial charge on any atom is 0.0296 e. The van der Waals surface area contributed by atoms with Crippen molar-refractivity contribution in [3.05, 3.63) is 33.3 Å². The van der Waals surface area contributed by atoms with Crippen molar-refractivity contribution in [2.45, 2.75) is 19.2 Å². The Hall–Kier alpha value is 0.180. The normalized spacial score (nSPS) is 10.2. The van der Waals surface area contributed by atoms with E-state index in [-0.39, 0.29) is 0 Å². The molecule has 0 aliphatic carbocycles. The first-order valence-corrected chi connectivity index (χ1v) is 5.38. The number of benzene rings is 1. The van der Waals surface area contributed by atoms with Gasteiger partial charge in [0.15, 0.2) is 0 Å². The fourth-order valence-corrected chi connectivity index (χ4v) is 2.67. The Bertz CT molecular complexity index is 267. The highest BCUT2D eigenvalue weighted by Gasteiger charge is 2.03. The third-order valence-electron chi connectivity index (χ3n) is 1.95. The van der Waals surface area contributed by atoms with E-state index in [9.17, 15) is 0 Å². The quantitative estimate of drug-likeness (QED) is 0.682. The van der Waals surface area contributed by atoms with Crippen molar-refractivity contribution >= 4 is 31.9 Å². The van der Waals surface area contributed by atoms with Crippen molar-refractivity contribution in [2.75, 3.05) is 0 Å². The van der Waals surface area contributed by atoms with Gasteiger partial charge < -0.3 is 0 Å². The molecule has 2 heteroatoms. The van der Waals surface area contributed by atoms with Gasteiger partial charge in [-0.15, -0.1) is 0 Å². The van der Waals surface area contributed by atoms with Crippen LogP contribution in [0.5, 0.6) is 0 Å². The van der Waals surface area contributed by atoms with Crippen molar-refractivity contribution < 1.29 is 0 Å². The second-order valence-electron chi connectivity index (χ2n) is 2.60. The van der Waals surface area contributed by atoms with E-state index in [1.165, 1.54) is 21.2 Å². The van der Waals surface area contributed by atoms with Crippen molar-refractivity contribution in [3.8, 4) is 0 Å². The fourth-order valence-electron chi connectivity index (χ4n) is 1.00. The van der Waals surface area contributed by atoms with Gasteiger partial charge in [0.25, 0.3) is 0 Å². The van der Waals surface area contributed by atoms with Crippen LogP contribution in [0.2, 0.25) is 0 Å². The zero-order valence-corrected chi connectivity index (χ0v) is 9.79. The Morgan fingerprint density at radius 3 is 2.36 bits per heavy atom. The summed E-state index contributed by atoms with van der Waals surface area (Å²) in [5.74, 6) is 0. The maximum atomic E-state index is 3.51. The zero-order valence-electron chi connectivity index (χ0n) is 6.62.